The first-order chi connectivity index (χ1) is 13.2. The molecule has 3 aliphatic rings. The molecule has 1 amide bonds. The molecule has 0 radical (unpaired) electrons. The van der Waals surface area contributed by atoms with Crippen LogP contribution in [0.2, 0.25) is 5.02 Å². The first-order valence-corrected chi connectivity index (χ1v) is 9.96. The van der Waals surface area contributed by atoms with Gasteiger partial charge in [0.2, 0.25) is 5.91 Å². The van der Waals surface area contributed by atoms with E-state index in [1.54, 1.807) is 18.2 Å². The summed E-state index contributed by atoms with van der Waals surface area (Å²) in [6.45, 7) is 6.23. The van der Waals surface area contributed by atoms with E-state index in [1.807, 2.05) is 12.2 Å². The van der Waals surface area contributed by atoms with Crippen molar-refractivity contribution in [3.63, 3.8) is 0 Å². The fourth-order valence-corrected chi connectivity index (χ4v) is 4.18. The van der Waals surface area contributed by atoms with E-state index >= 15 is 0 Å². The van der Waals surface area contributed by atoms with Gasteiger partial charge in [0.25, 0.3) is 0 Å². The number of nitrogens with one attached hydrogen (secondary N) is 1. The molecule has 3 aliphatic heterocycles. The van der Waals surface area contributed by atoms with Crippen molar-refractivity contribution in [2.75, 3.05) is 19.7 Å². The second-order valence-corrected chi connectivity index (χ2v) is 8.70. The van der Waals surface area contributed by atoms with Gasteiger partial charge < -0.3 is 15.2 Å². The molecule has 2 atom stereocenters. The number of hydrogen-bond acceptors (Lipinski definition) is 4. The van der Waals surface area contributed by atoms with Crippen LogP contribution in [-0.4, -0.2) is 53.7 Å². The Kier molecular flexibility index (Phi) is 6.30. The van der Waals surface area contributed by atoms with E-state index in [2.05, 4.69) is 24.1 Å². The molecule has 0 spiro atoms. The lowest BCUT2D eigenvalue weighted by Gasteiger charge is -2.25. The van der Waals surface area contributed by atoms with Crippen LogP contribution >= 0.6 is 11.6 Å². The normalized spacial score (nSPS) is 26.9. The third-order valence-corrected chi connectivity index (χ3v) is 5.55. The van der Waals surface area contributed by atoms with E-state index in [4.69, 9.17) is 16.3 Å². The first kappa shape index (κ1) is 20.7. The Hall–Kier alpha value is -2.05. The average Bonchev–Trinajstić information content (AvgIpc) is 2.92. The standard InChI is InChI=1S/C21H27ClN2O4/c1-21(2)12-17-19(25)23-16(20(26)27)11-14-6-7-18(15(22)10-14)28-9-5-3-4-8-24(17)13-21/h3,5-7,10,16-17H,4,8-9,11-13H2,1-2H3,(H,23,25)(H,26,27)/b5-3+. The van der Waals surface area contributed by atoms with Crippen LogP contribution < -0.4 is 10.1 Å². The van der Waals surface area contributed by atoms with Crippen LogP contribution in [0.4, 0.5) is 0 Å². The van der Waals surface area contributed by atoms with Gasteiger partial charge in [-0.1, -0.05) is 43.7 Å². The lowest BCUT2D eigenvalue weighted by atomic mass is 9.90. The van der Waals surface area contributed by atoms with E-state index < -0.39 is 12.0 Å². The maximum atomic E-state index is 12.9. The first-order valence-electron chi connectivity index (χ1n) is 9.59. The molecule has 2 N–H and O–H groups in total. The highest BCUT2D eigenvalue weighted by Crippen LogP contribution is 2.34. The van der Waals surface area contributed by atoms with Crippen LogP contribution in [0.5, 0.6) is 5.75 Å². The monoisotopic (exact) mass is 406 g/mol. The van der Waals surface area contributed by atoms with Gasteiger partial charge in [0.1, 0.15) is 18.4 Å². The van der Waals surface area contributed by atoms with Crippen molar-refractivity contribution < 1.29 is 19.4 Å². The number of carbonyl (C=O) groups is 2. The van der Waals surface area contributed by atoms with E-state index in [0.29, 0.717) is 23.8 Å². The number of carbonyl (C=O) groups excluding carboxylic acids is 1. The Morgan fingerprint density at radius 3 is 2.86 bits per heavy atom. The molecule has 1 aromatic rings. The summed E-state index contributed by atoms with van der Waals surface area (Å²) in [5, 5.41) is 12.8. The summed E-state index contributed by atoms with van der Waals surface area (Å²) < 4.78 is 5.68. The Morgan fingerprint density at radius 1 is 1.36 bits per heavy atom. The maximum Gasteiger partial charge on any atom is 0.326 e. The molecule has 0 aliphatic carbocycles. The fraction of sp³-hybridized carbons (Fsp3) is 0.524. The minimum atomic E-state index is -1.06. The Balaban J connectivity index is 1.87. The minimum Gasteiger partial charge on any atom is -0.488 e. The summed E-state index contributed by atoms with van der Waals surface area (Å²) in [6, 6.07) is 3.89. The van der Waals surface area contributed by atoms with E-state index in [-0.39, 0.29) is 23.8 Å². The molecule has 7 heteroatoms. The topological polar surface area (TPSA) is 78.9 Å². The zero-order chi connectivity index (χ0) is 20.3. The van der Waals surface area contributed by atoms with Crippen molar-refractivity contribution in [2.45, 2.75) is 45.2 Å². The second-order valence-electron chi connectivity index (χ2n) is 8.29. The van der Waals surface area contributed by atoms with Crippen molar-refractivity contribution in [1.29, 1.82) is 0 Å². The Bertz CT molecular complexity index is 778. The largest absolute Gasteiger partial charge is 0.488 e. The maximum absolute atomic E-state index is 12.9. The molecule has 3 heterocycles. The van der Waals surface area contributed by atoms with Gasteiger partial charge >= 0.3 is 5.97 Å². The lowest BCUT2D eigenvalue weighted by molar-refractivity contribution is -0.142. The summed E-state index contributed by atoms with van der Waals surface area (Å²) in [5.74, 6) is -0.725. The predicted octanol–water partition coefficient (Wildman–Crippen LogP) is 2.89. The van der Waals surface area contributed by atoms with Crippen molar-refractivity contribution in [1.82, 2.24) is 10.2 Å². The van der Waals surface area contributed by atoms with Gasteiger partial charge in [0.15, 0.2) is 0 Å². The number of ether oxygens (including phenoxy) is 1. The molecular formula is C21H27ClN2O4. The summed E-state index contributed by atoms with van der Waals surface area (Å²) in [4.78, 5) is 26.8. The Morgan fingerprint density at radius 2 is 2.14 bits per heavy atom. The smallest absolute Gasteiger partial charge is 0.326 e. The third-order valence-electron chi connectivity index (χ3n) is 5.26. The van der Waals surface area contributed by atoms with Crippen molar-refractivity contribution >= 4 is 23.5 Å². The zero-order valence-electron chi connectivity index (χ0n) is 16.3. The fourth-order valence-electron chi connectivity index (χ4n) is 3.93. The molecule has 1 saturated heterocycles. The number of benzene rings is 1. The number of halogens is 1. The van der Waals surface area contributed by atoms with Crippen LogP contribution in [0.25, 0.3) is 0 Å². The van der Waals surface area contributed by atoms with E-state index in [0.717, 1.165) is 25.1 Å². The van der Waals surface area contributed by atoms with Crippen LogP contribution in [0, 0.1) is 5.41 Å². The summed E-state index contributed by atoms with van der Waals surface area (Å²) in [7, 11) is 0. The number of rotatable bonds is 1. The van der Waals surface area contributed by atoms with Gasteiger partial charge in [0.05, 0.1) is 11.1 Å². The van der Waals surface area contributed by atoms with Gasteiger partial charge in [-0.05, 0) is 36.0 Å². The SMILES string of the molecule is CC1(C)CC2C(=O)NC(C(=O)O)Cc3ccc(c(Cl)c3)OC/C=C/CCN2C1. The molecule has 2 bridgehead atoms. The summed E-state index contributed by atoms with van der Waals surface area (Å²) in [6.07, 6.45) is 5.65. The number of carboxylic acids is 1. The molecule has 4 rings (SSSR count). The number of amides is 1. The summed E-state index contributed by atoms with van der Waals surface area (Å²) >= 11 is 6.26. The van der Waals surface area contributed by atoms with Crippen LogP contribution in [-0.2, 0) is 16.0 Å². The zero-order valence-corrected chi connectivity index (χ0v) is 17.0. The molecule has 0 saturated carbocycles. The lowest BCUT2D eigenvalue weighted by Crippen LogP contribution is -2.50. The molecule has 0 aromatic heterocycles. The highest BCUT2D eigenvalue weighted by molar-refractivity contribution is 6.32. The van der Waals surface area contributed by atoms with Crippen LogP contribution in [0.15, 0.2) is 30.4 Å². The number of fused-ring (bicyclic) bond motifs is 9. The summed E-state index contributed by atoms with van der Waals surface area (Å²) in [5.41, 5.74) is 0.746. The predicted molar refractivity (Wildman–Crippen MR) is 108 cm³/mol. The van der Waals surface area contributed by atoms with Crippen molar-refractivity contribution in [3.05, 3.63) is 40.9 Å². The Labute approximate surface area is 170 Å². The molecular weight excluding hydrogens is 380 g/mol. The molecule has 28 heavy (non-hydrogen) atoms. The second kappa shape index (κ2) is 8.53. The van der Waals surface area contributed by atoms with Gasteiger partial charge in [-0.25, -0.2) is 4.79 Å². The molecule has 1 aromatic carbocycles. The molecule has 152 valence electrons. The quantitative estimate of drug-likeness (QED) is 0.701. The molecule has 6 nitrogen and oxygen atoms in total. The third kappa shape index (κ3) is 5.06. The average molecular weight is 407 g/mol. The van der Waals surface area contributed by atoms with Crippen molar-refractivity contribution in [2.24, 2.45) is 5.41 Å². The minimum absolute atomic E-state index is 0.0134. The molecule has 1 fully saturated rings. The highest BCUT2D eigenvalue weighted by Gasteiger charge is 2.41. The van der Waals surface area contributed by atoms with Gasteiger partial charge in [-0.2, -0.15) is 0 Å². The van der Waals surface area contributed by atoms with Gasteiger partial charge in [-0.15, -0.1) is 0 Å². The number of hydrogen-bond donors (Lipinski definition) is 2. The number of nitrogens with zero attached hydrogens (tertiary/aromatic N) is 1. The van der Waals surface area contributed by atoms with Crippen LogP contribution in [0.3, 0.4) is 0 Å². The molecule has 2 unspecified atom stereocenters. The number of carboxylic acid groups (broad SMARTS) is 1. The van der Waals surface area contributed by atoms with Crippen LogP contribution in [0.1, 0.15) is 32.3 Å². The van der Waals surface area contributed by atoms with Gasteiger partial charge in [0, 0.05) is 19.5 Å². The van der Waals surface area contributed by atoms with Gasteiger partial charge in [-0.3, -0.25) is 9.69 Å². The van der Waals surface area contributed by atoms with E-state index in [9.17, 15) is 14.7 Å². The van der Waals surface area contributed by atoms with E-state index in [1.165, 1.54) is 0 Å². The van der Waals surface area contributed by atoms with Crippen molar-refractivity contribution in [3.8, 4) is 5.75 Å². The highest BCUT2D eigenvalue weighted by atomic mass is 35.5. The number of aliphatic carboxylic acids is 1.